The number of aromatic nitrogens is 3. The smallest absolute Gasteiger partial charge is 0.327 e. The van der Waals surface area contributed by atoms with Crippen LogP contribution in [-0.4, -0.2) is 40.3 Å². The number of aryl methyl sites for hydroxylation is 1. The monoisotopic (exact) mass is 424 g/mol. The van der Waals surface area contributed by atoms with Crippen LogP contribution in [0.25, 0.3) is 11.0 Å². The molecule has 29 heavy (non-hydrogen) atoms. The fourth-order valence-electron chi connectivity index (χ4n) is 3.75. The number of sulfonamides is 1. The van der Waals surface area contributed by atoms with Crippen LogP contribution in [0.2, 0.25) is 0 Å². The Balaban J connectivity index is 1.60. The highest BCUT2D eigenvalue weighted by atomic mass is 32.2. The van der Waals surface area contributed by atoms with Crippen LogP contribution in [0.1, 0.15) is 30.7 Å². The number of benzene rings is 1. The zero-order chi connectivity index (χ0) is 20.8. The molecule has 1 atom stereocenters. The number of nitrogens with zero attached hydrogens (tertiary/aromatic N) is 4. The number of hydrogen-bond donors (Lipinski definition) is 0. The quantitative estimate of drug-likeness (QED) is 0.641. The molecule has 1 aliphatic heterocycles. The molecule has 0 saturated carbocycles. The summed E-state index contributed by atoms with van der Waals surface area (Å²) in [4.78, 5) is 8.66. The molecular weight excluding hydrogens is 405 g/mol. The van der Waals surface area contributed by atoms with Crippen molar-refractivity contribution in [2.75, 3.05) is 13.1 Å². The van der Waals surface area contributed by atoms with Gasteiger partial charge in [0.05, 0.1) is 27.7 Å². The predicted molar refractivity (Wildman–Crippen MR) is 101 cm³/mol. The Hall–Kier alpha value is -2.46. The lowest BCUT2D eigenvalue weighted by atomic mass is 10.1. The molecule has 0 radical (unpaired) electrons. The van der Waals surface area contributed by atoms with E-state index in [4.69, 9.17) is 0 Å². The molecule has 154 valence electrons. The van der Waals surface area contributed by atoms with Gasteiger partial charge >= 0.3 is 6.18 Å². The molecule has 6 nitrogen and oxygen atoms in total. The first-order valence-electron chi connectivity index (χ1n) is 9.19. The van der Waals surface area contributed by atoms with Crippen LogP contribution in [0.5, 0.6) is 0 Å². The van der Waals surface area contributed by atoms with Crippen LogP contribution < -0.4 is 0 Å². The van der Waals surface area contributed by atoms with Gasteiger partial charge in [-0.25, -0.2) is 13.4 Å². The molecule has 0 amide bonds. The maximum atomic E-state index is 12.9. The zero-order valence-electron chi connectivity index (χ0n) is 15.6. The minimum Gasteiger partial charge on any atom is -0.327 e. The highest BCUT2D eigenvalue weighted by Gasteiger charge is 2.36. The van der Waals surface area contributed by atoms with Crippen molar-refractivity contribution in [3.63, 3.8) is 0 Å². The van der Waals surface area contributed by atoms with E-state index in [1.54, 1.807) is 12.4 Å². The first-order valence-corrected chi connectivity index (χ1v) is 10.6. The van der Waals surface area contributed by atoms with E-state index in [1.807, 2.05) is 17.6 Å². The van der Waals surface area contributed by atoms with E-state index in [0.29, 0.717) is 19.5 Å². The summed E-state index contributed by atoms with van der Waals surface area (Å²) in [5, 5.41) is 0. The fourth-order valence-corrected chi connectivity index (χ4v) is 5.25. The van der Waals surface area contributed by atoms with Crippen LogP contribution >= 0.6 is 0 Å². The Morgan fingerprint density at radius 2 is 1.90 bits per heavy atom. The summed E-state index contributed by atoms with van der Waals surface area (Å²) >= 11 is 0. The SMILES string of the molecule is CCn1c([C@H]2CCN(S(=O)(=O)c3ccc(C(F)(F)F)cc3)C2)nc2ccncc21. The van der Waals surface area contributed by atoms with E-state index in [9.17, 15) is 21.6 Å². The number of rotatable bonds is 4. The molecule has 2 aromatic heterocycles. The predicted octanol–water partition coefficient (Wildman–Crippen LogP) is 3.65. The maximum Gasteiger partial charge on any atom is 0.416 e. The molecule has 10 heteroatoms. The second kappa shape index (κ2) is 7.10. The Morgan fingerprint density at radius 1 is 1.17 bits per heavy atom. The molecule has 0 aliphatic carbocycles. The summed E-state index contributed by atoms with van der Waals surface area (Å²) in [6.07, 6.45) is -0.512. The van der Waals surface area contributed by atoms with Crippen molar-refractivity contribution in [2.45, 2.75) is 36.9 Å². The molecular formula is C19H19F3N4O2S. The average Bonchev–Trinajstić information content (AvgIpc) is 3.32. The van der Waals surface area contributed by atoms with E-state index in [-0.39, 0.29) is 17.4 Å². The van der Waals surface area contributed by atoms with Gasteiger partial charge in [-0.15, -0.1) is 0 Å². The Kier molecular flexibility index (Phi) is 4.86. The van der Waals surface area contributed by atoms with Crippen molar-refractivity contribution in [1.82, 2.24) is 18.8 Å². The molecule has 0 N–H and O–H groups in total. The van der Waals surface area contributed by atoms with Crippen LogP contribution in [-0.2, 0) is 22.7 Å². The van der Waals surface area contributed by atoms with Crippen molar-refractivity contribution in [1.29, 1.82) is 0 Å². The lowest BCUT2D eigenvalue weighted by Gasteiger charge is -2.17. The molecule has 3 aromatic rings. The Morgan fingerprint density at radius 3 is 2.55 bits per heavy atom. The highest BCUT2D eigenvalue weighted by molar-refractivity contribution is 7.89. The second-order valence-electron chi connectivity index (χ2n) is 6.95. The topological polar surface area (TPSA) is 68.1 Å². The molecule has 1 fully saturated rings. The summed E-state index contributed by atoms with van der Waals surface area (Å²) in [7, 11) is -3.87. The Labute approximate surface area is 166 Å². The fraction of sp³-hybridized carbons (Fsp3) is 0.368. The number of alkyl halides is 3. The molecule has 4 rings (SSSR count). The summed E-state index contributed by atoms with van der Waals surface area (Å²) in [5.74, 6) is 0.715. The van der Waals surface area contributed by atoms with Gasteiger partial charge in [-0.2, -0.15) is 17.5 Å². The van der Waals surface area contributed by atoms with E-state index >= 15 is 0 Å². The highest BCUT2D eigenvalue weighted by Crippen LogP contribution is 2.34. The van der Waals surface area contributed by atoms with Crippen molar-refractivity contribution in [3.8, 4) is 0 Å². The third-order valence-corrected chi connectivity index (χ3v) is 7.11. The third kappa shape index (κ3) is 3.51. The van der Waals surface area contributed by atoms with Crippen molar-refractivity contribution >= 4 is 21.1 Å². The maximum absolute atomic E-state index is 12.9. The van der Waals surface area contributed by atoms with Crippen LogP contribution in [0.4, 0.5) is 13.2 Å². The van der Waals surface area contributed by atoms with Gasteiger partial charge in [0.2, 0.25) is 10.0 Å². The number of hydrogen-bond acceptors (Lipinski definition) is 4. The molecule has 0 bridgehead atoms. The minimum atomic E-state index is -4.50. The van der Waals surface area contributed by atoms with Gasteiger partial charge in [-0.05, 0) is 43.7 Å². The second-order valence-corrected chi connectivity index (χ2v) is 8.89. The van der Waals surface area contributed by atoms with Gasteiger partial charge in [0.1, 0.15) is 5.82 Å². The van der Waals surface area contributed by atoms with E-state index in [1.165, 1.54) is 4.31 Å². The van der Waals surface area contributed by atoms with Crippen LogP contribution in [0.3, 0.4) is 0 Å². The first-order chi connectivity index (χ1) is 13.7. The van der Waals surface area contributed by atoms with Gasteiger partial charge in [-0.3, -0.25) is 4.98 Å². The summed E-state index contributed by atoms with van der Waals surface area (Å²) in [5.41, 5.74) is 0.830. The van der Waals surface area contributed by atoms with Crippen LogP contribution in [0, 0.1) is 0 Å². The van der Waals surface area contributed by atoms with Crippen molar-refractivity contribution < 1.29 is 21.6 Å². The zero-order valence-corrected chi connectivity index (χ0v) is 16.4. The Bertz CT molecular complexity index is 1140. The normalized spacial score (nSPS) is 18.6. The van der Waals surface area contributed by atoms with Gasteiger partial charge in [-0.1, -0.05) is 0 Å². The lowest BCUT2D eigenvalue weighted by molar-refractivity contribution is -0.137. The summed E-state index contributed by atoms with van der Waals surface area (Å²) in [6, 6.07) is 5.43. The minimum absolute atomic E-state index is 0.0911. The van der Waals surface area contributed by atoms with Gasteiger partial charge in [0.15, 0.2) is 0 Å². The first kappa shape index (κ1) is 19.8. The van der Waals surface area contributed by atoms with E-state index in [2.05, 4.69) is 9.97 Å². The van der Waals surface area contributed by atoms with Crippen molar-refractivity contribution in [3.05, 3.63) is 54.1 Å². The van der Waals surface area contributed by atoms with Gasteiger partial charge in [0, 0.05) is 31.7 Å². The van der Waals surface area contributed by atoms with Crippen LogP contribution in [0.15, 0.2) is 47.6 Å². The number of imidazole rings is 1. The largest absolute Gasteiger partial charge is 0.416 e. The molecule has 3 heterocycles. The molecule has 1 saturated heterocycles. The number of halogens is 3. The number of fused-ring (bicyclic) bond motifs is 1. The van der Waals surface area contributed by atoms with Gasteiger partial charge < -0.3 is 4.57 Å². The average molecular weight is 424 g/mol. The summed E-state index contributed by atoms with van der Waals surface area (Å²) in [6.45, 7) is 3.20. The van der Waals surface area contributed by atoms with E-state index < -0.39 is 21.8 Å². The molecule has 0 unspecified atom stereocenters. The summed E-state index contributed by atoms with van der Waals surface area (Å²) < 4.78 is 67.4. The molecule has 1 aliphatic rings. The number of pyridine rings is 1. The molecule has 0 spiro atoms. The molecule has 1 aromatic carbocycles. The van der Waals surface area contributed by atoms with Gasteiger partial charge in [0.25, 0.3) is 0 Å². The lowest BCUT2D eigenvalue weighted by Crippen LogP contribution is -2.29. The van der Waals surface area contributed by atoms with Crippen molar-refractivity contribution in [2.24, 2.45) is 0 Å². The van der Waals surface area contributed by atoms with E-state index in [0.717, 1.165) is 41.1 Å². The third-order valence-electron chi connectivity index (χ3n) is 5.23. The standard InChI is InChI=1S/C19H19F3N4O2S/c1-2-26-17-11-23-9-7-16(17)24-18(26)13-8-10-25(12-13)29(27,28)15-5-3-14(4-6-15)19(20,21)22/h3-7,9,11,13H,2,8,10,12H2,1H3/t13-/m0/s1.